The van der Waals surface area contributed by atoms with Gasteiger partial charge in [-0.1, -0.05) is 33.6 Å². The van der Waals surface area contributed by atoms with Gasteiger partial charge in [-0.2, -0.15) is 0 Å². The van der Waals surface area contributed by atoms with Crippen LogP contribution in [0.4, 0.5) is 0 Å². The maximum Gasteiger partial charge on any atom is 0.211 e. The lowest BCUT2D eigenvalue weighted by molar-refractivity contribution is 0.680. The highest BCUT2D eigenvalue weighted by molar-refractivity contribution is 14.1. The molecule has 0 atom stereocenters. The van der Waals surface area contributed by atoms with Crippen LogP contribution < -0.4 is 0 Å². The Morgan fingerprint density at radius 3 is 2.87 bits per heavy atom. The molecule has 0 spiro atoms. The van der Waals surface area contributed by atoms with Crippen LogP contribution >= 0.6 is 50.1 Å². The summed E-state index contributed by atoms with van der Waals surface area (Å²) < 4.78 is 3.47. The van der Waals surface area contributed by atoms with E-state index in [1.54, 1.807) is 11.0 Å². The Labute approximate surface area is 114 Å². The van der Waals surface area contributed by atoms with Gasteiger partial charge in [0.2, 0.25) is 3.83 Å². The van der Waals surface area contributed by atoms with E-state index in [-0.39, 0.29) is 0 Å². The third-order valence-electron chi connectivity index (χ3n) is 1.86. The van der Waals surface area contributed by atoms with Crippen LogP contribution in [0.1, 0.15) is 5.56 Å². The first-order chi connectivity index (χ1) is 7.15. The molecule has 1 heterocycles. The smallest absolute Gasteiger partial charge is 0.211 e. The fraction of sp³-hybridized carbons (Fsp3) is 0.111. The predicted molar refractivity (Wildman–Crippen MR) is 71.0 cm³/mol. The number of aromatic nitrogens is 3. The van der Waals surface area contributed by atoms with Gasteiger partial charge >= 0.3 is 0 Å². The molecule has 2 rings (SSSR count). The molecule has 0 radical (unpaired) electrons. The Morgan fingerprint density at radius 2 is 2.27 bits per heavy atom. The van der Waals surface area contributed by atoms with E-state index in [1.165, 1.54) is 0 Å². The number of hydrogen-bond donors (Lipinski definition) is 0. The highest BCUT2D eigenvalue weighted by Crippen LogP contribution is 2.21. The molecule has 0 aliphatic carbocycles. The van der Waals surface area contributed by atoms with Gasteiger partial charge in [-0.05, 0) is 17.7 Å². The minimum absolute atomic E-state index is 0.641. The summed E-state index contributed by atoms with van der Waals surface area (Å²) in [4.78, 5) is 4.05. The van der Waals surface area contributed by atoms with Crippen LogP contribution in [-0.4, -0.2) is 14.8 Å². The Bertz CT molecular complexity index is 486. The molecule has 78 valence electrons. The van der Waals surface area contributed by atoms with E-state index < -0.39 is 0 Å². The normalized spacial score (nSPS) is 10.6. The van der Waals surface area contributed by atoms with E-state index in [0.29, 0.717) is 6.54 Å². The zero-order valence-electron chi connectivity index (χ0n) is 7.49. The van der Waals surface area contributed by atoms with Crippen molar-refractivity contribution >= 4 is 50.1 Å². The van der Waals surface area contributed by atoms with Gasteiger partial charge < -0.3 is 0 Å². The molecule has 0 saturated carbocycles. The second-order valence-corrected chi connectivity index (χ2v) is 5.23. The molecule has 3 nitrogen and oxygen atoms in total. The van der Waals surface area contributed by atoms with Gasteiger partial charge in [0.15, 0.2) is 0 Å². The fourth-order valence-corrected chi connectivity index (χ4v) is 2.31. The molecular formula is C9H6BrClIN3. The van der Waals surface area contributed by atoms with Crippen molar-refractivity contribution in [3.63, 3.8) is 0 Å². The van der Waals surface area contributed by atoms with E-state index in [2.05, 4.69) is 48.6 Å². The van der Waals surface area contributed by atoms with Gasteiger partial charge in [0, 0.05) is 32.1 Å². The van der Waals surface area contributed by atoms with Crippen LogP contribution in [-0.2, 0) is 6.54 Å². The van der Waals surface area contributed by atoms with E-state index in [0.717, 1.165) is 18.9 Å². The summed E-state index contributed by atoms with van der Waals surface area (Å²) in [5, 5.41) is 4.92. The summed E-state index contributed by atoms with van der Waals surface area (Å²) in [6.07, 6.45) is 1.69. The number of halogens is 3. The van der Waals surface area contributed by atoms with Crippen molar-refractivity contribution in [2.75, 3.05) is 0 Å². The summed E-state index contributed by atoms with van der Waals surface area (Å²) in [5.74, 6) is 0. The van der Waals surface area contributed by atoms with Crippen LogP contribution in [0.5, 0.6) is 0 Å². The summed E-state index contributed by atoms with van der Waals surface area (Å²) in [6.45, 7) is 0.641. The number of benzene rings is 1. The standard InChI is InChI=1S/C9H6BrClIN3/c10-7-2-1-6(8(11)3-7)4-15-5-13-9(12)14-15/h1-3,5H,4H2. The first-order valence-electron chi connectivity index (χ1n) is 4.14. The average molecular weight is 398 g/mol. The molecule has 0 bridgehead atoms. The maximum absolute atomic E-state index is 6.09. The van der Waals surface area contributed by atoms with Crippen LogP contribution in [0, 0.1) is 3.83 Å². The van der Waals surface area contributed by atoms with Gasteiger partial charge in [0.05, 0.1) is 6.54 Å². The van der Waals surface area contributed by atoms with Gasteiger partial charge in [0.1, 0.15) is 6.33 Å². The van der Waals surface area contributed by atoms with E-state index in [1.807, 2.05) is 18.2 Å². The van der Waals surface area contributed by atoms with Gasteiger partial charge in [-0.3, -0.25) is 0 Å². The van der Waals surface area contributed by atoms with Crippen molar-refractivity contribution in [1.82, 2.24) is 14.8 Å². The molecule has 15 heavy (non-hydrogen) atoms. The third-order valence-corrected chi connectivity index (χ3v) is 3.20. The number of hydrogen-bond acceptors (Lipinski definition) is 2. The Hall–Kier alpha value is -0.140. The molecule has 6 heteroatoms. The van der Waals surface area contributed by atoms with Crippen LogP contribution in [0.3, 0.4) is 0 Å². The molecular weight excluding hydrogens is 392 g/mol. The van der Waals surface area contributed by atoms with Crippen molar-refractivity contribution in [2.24, 2.45) is 0 Å². The second-order valence-electron chi connectivity index (χ2n) is 2.95. The topological polar surface area (TPSA) is 30.7 Å². The summed E-state index contributed by atoms with van der Waals surface area (Å²) in [7, 11) is 0. The van der Waals surface area contributed by atoms with E-state index in [9.17, 15) is 0 Å². The Kier molecular flexibility index (Phi) is 3.63. The Balaban J connectivity index is 2.24. The number of nitrogens with zero attached hydrogens (tertiary/aromatic N) is 3. The predicted octanol–water partition coefficient (Wildman–Crippen LogP) is 3.35. The molecule has 0 N–H and O–H groups in total. The van der Waals surface area contributed by atoms with Crippen LogP contribution in [0.15, 0.2) is 29.0 Å². The highest BCUT2D eigenvalue weighted by Gasteiger charge is 2.03. The summed E-state index contributed by atoms with van der Waals surface area (Å²) >= 11 is 11.5. The zero-order valence-corrected chi connectivity index (χ0v) is 12.0. The van der Waals surface area contributed by atoms with E-state index in [4.69, 9.17) is 11.6 Å². The van der Waals surface area contributed by atoms with Gasteiger partial charge in [0.25, 0.3) is 0 Å². The van der Waals surface area contributed by atoms with Crippen molar-refractivity contribution in [2.45, 2.75) is 6.54 Å². The molecule has 0 fully saturated rings. The fourth-order valence-electron chi connectivity index (χ4n) is 1.17. The largest absolute Gasteiger partial charge is 0.247 e. The Morgan fingerprint density at radius 1 is 1.47 bits per heavy atom. The molecule has 0 saturated heterocycles. The molecule has 0 aliphatic rings. The SMILES string of the molecule is Clc1cc(Br)ccc1Cn1cnc(I)n1. The quantitative estimate of drug-likeness (QED) is 0.727. The summed E-state index contributed by atoms with van der Waals surface area (Å²) in [5.41, 5.74) is 1.03. The van der Waals surface area contributed by atoms with Crippen molar-refractivity contribution in [3.05, 3.63) is 43.4 Å². The van der Waals surface area contributed by atoms with E-state index >= 15 is 0 Å². The average Bonchev–Trinajstić information content (AvgIpc) is 2.56. The first-order valence-corrected chi connectivity index (χ1v) is 6.39. The second kappa shape index (κ2) is 4.80. The molecule has 0 unspecified atom stereocenters. The molecule has 1 aromatic heterocycles. The lowest BCUT2D eigenvalue weighted by atomic mass is 10.2. The van der Waals surface area contributed by atoms with Crippen molar-refractivity contribution < 1.29 is 0 Å². The lowest BCUT2D eigenvalue weighted by Gasteiger charge is -2.04. The third kappa shape index (κ3) is 2.92. The number of rotatable bonds is 2. The zero-order chi connectivity index (χ0) is 10.8. The molecule has 0 amide bonds. The first kappa shape index (κ1) is 11.3. The van der Waals surface area contributed by atoms with Crippen LogP contribution in [0.25, 0.3) is 0 Å². The van der Waals surface area contributed by atoms with Gasteiger partial charge in [-0.25, -0.2) is 9.67 Å². The van der Waals surface area contributed by atoms with Crippen LogP contribution in [0.2, 0.25) is 5.02 Å². The highest BCUT2D eigenvalue weighted by atomic mass is 127. The maximum atomic E-state index is 6.09. The van der Waals surface area contributed by atoms with Gasteiger partial charge in [-0.15, -0.1) is 5.10 Å². The molecule has 1 aromatic carbocycles. The minimum atomic E-state index is 0.641. The monoisotopic (exact) mass is 397 g/mol. The molecule has 0 aliphatic heterocycles. The minimum Gasteiger partial charge on any atom is -0.247 e. The van der Waals surface area contributed by atoms with Crippen molar-refractivity contribution in [3.8, 4) is 0 Å². The lowest BCUT2D eigenvalue weighted by Crippen LogP contribution is -2.01. The molecule has 2 aromatic rings. The van der Waals surface area contributed by atoms with Crippen molar-refractivity contribution in [1.29, 1.82) is 0 Å². The summed E-state index contributed by atoms with van der Waals surface area (Å²) in [6, 6.07) is 5.81.